The molecule has 7 heteroatoms. The number of carbonyl (C=O) groups excluding carboxylic acids is 1. The van der Waals surface area contributed by atoms with Gasteiger partial charge in [-0.05, 0) is 37.1 Å². The van der Waals surface area contributed by atoms with Crippen molar-refractivity contribution in [2.45, 2.75) is 12.8 Å². The summed E-state index contributed by atoms with van der Waals surface area (Å²) in [5, 5.41) is 4.05. The van der Waals surface area contributed by atoms with Gasteiger partial charge in [0.1, 0.15) is 23.6 Å². The highest BCUT2D eigenvalue weighted by Gasteiger charge is 2.27. The minimum absolute atomic E-state index is 0.0145. The van der Waals surface area contributed by atoms with Gasteiger partial charge in [0.25, 0.3) is 0 Å². The Morgan fingerprint density at radius 1 is 1.07 bits per heavy atom. The first-order valence-electron chi connectivity index (χ1n) is 9.67. The standard InChI is InChI=1S/C22H24N4O3/c1-28-16-7-8-19(20(13-16)29-2)25-22(27)15-9-11-26(12-10-15)21-17-5-3-4-6-18(17)23-14-24-21/h3-8,13-15H,9-12H2,1-2H3,(H,25,27). The Morgan fingerprint density at radius 3 is 2.62 bits per heavy atom. The highest BCUT2D eigenvalue weighted by Crippen LogP contribution is 2.31. The molecule has 29 heavy (non-hydrogen) atoms. The molecule has 0 radical (unpaired) electrons. The van der Waals surface area contributed by atoms with Gasteiger partial charge in [-0.15, -0.1) is 0 Å². The van der Waals surface area contributed by atoms with Crippen LogP contribution in [0.15, 0.2) is 48.8 Å². The lowest BCUT2D eigenvalue weighted by Gasteiger charge is -2.32. The number of hydrogen-bond acceptors (Lipinski definition) is 6. The summed E-state index contributed by atoms with van der Waals surface area (Å²) in [5.41, 5.74) is 1.59. The van der Waals surface area contributed by atoms with Crippen LogP contribution >= 0.6 is 0 Å². The molecule has 2 heterocycles. The average molecular weight is 392 g/mol. The normalized spacial score (nSPS) is 14.6. The van der Waals surface area contributed by atoms with E-state index in [1.807, 2.05) is 24.3 Å². The average Bonchev–Trinajstić information content (AvgIpc) is 2.79. The summed E-state index contributed by atoms with van der Waals surface area (Å²) >= 11 is 0. The Hall–Kier alpha value is -3.35. The molecule has 1 fully saturated rings. The van der Waals surface area contributed by atoms with Crippen molar-refractivity contribution in [1.29, 1.82) is 0 Å². The fraction of sp³-hybridized carbons (Fsp3) is 0.318. The summed E-state index contributed by atoms with van der Waals surface area (Å²) in [6, 6.07) is 13.4. The molecular weight excluding hydrogens is 368 g/mol. The van der Waals surface area contributed by atoms with Gasteiger partial charge in [-0.2, -0.15) is 0 Å². The number of piperidine rings is 1. The maximum absolute atomic E-state index is 12.8. The summed E-state index contributed by atoms with van der Waals surface area (Å²) in [6.45, 7) is 1.55. The number of rotatable bonds is 5. The van der Waals surface area contributed by atoms with Crippen molar-refractivity contribution in [2.24, 2.45) is 5.92 Å². The van der Waals surface area contributed by atoms with Crippen LogP contribution in [0.3, 0.4) is 0 Å². The monoisotopic (exact) mass is 392 g/mol. The number of para-hydroxylation sites is 1. The second-order valence-electron chi connectivity index (χ2n) is 7.03. The Bertz CT molecular complexity index is 1010. The van der Waals surface area contributed by atoms with Crippen molar-refractivity contribution in [1.82, 2.24) is 9.97 Å². The number of amides is 1. The van der Waals surface area contributed by atoms with E-state index in [1.165, 1.54) is 0 Å². The lowest BCUT2D eigenvalue weighted by Crippen LogP contribution is -2.38. The van der Waals surface area contributed by atoms with E-state index in [9.17, 15) is 4.79 Å². The largest absolute Gasteiger partial charge is 0.497 e. The molecule has 1 aliphatic heterocycles. The molecule has 1 aliphatic rings. The van der Waals surface area contributed by atoms with Crippen LogP contribution in [-0.4, -0.2) is 43.2 Å². The molecule has 1 aromatic heterocycles. The minimum Gasteiger partial charge on any atom is -0.497 e. The van der Waals surface area contributed by atoms with Crippen molar-refractivity contribution < 1.29 is 14.3 Å². The van der Waals surface area contributed by atoms with E-state index in [0.717, 1.165) is 42.7 Å². The maximum atomic E-state index is 12.8. The topological polar surface area (TPSA) is 76.6 Å². The third-order valence-corrected chi connectivity index (χ3v) is 5.35. The van der Waals surface area contributed by atoms with Crippen LogP contribution in [0.1, 0.15) is 12.8 Å². The summed E-state index contributed by atoms with van der Waals surface area (Å²) in [5.74, 6) is 2.17. The minimum atomic E-state index is -0.0499. The molecule has 1 amide bonds. The molecular formula is C22H24N4O3. The van der Waals surface area contributed by atoms with Crippen molar-refractivity contribution in [3.63, 3.8) is 0 Å². The van der Waals surface area contributed by atoms with Crippen LogP contribution in [0.5, 0.6) is 11.5 Å². The number of nitrogens with one attached hydrogen (secondary N) is 1. The summed E-state index contributed by atoms with van der Waals surface area (Å²) in [4.78, 5) is 23.9. The van der Waals surface area contributed by atoms with Gasteiger partial charge < -0.3 is 19.7 Å². The quantitative estimate of drug-likeness (QED) is 0.716. The third kappa shape index (κ3) is 3.94. The van der Waals surface area contributed by atoms with Gasteiger partial charge in [-0.1, -0.05) is 12.1 Å². The molecule has 150 valence electrons. The number of nitrogens with zero attached hydrogens (tertiary/aromatic N) is 3. The van der Waals surface area contributed by atoms with Crippen LogP contribution in [0, 0.1) is 5.92 Å². The summed E-state index contributed by atoms with van der Waals surface area (Å²) < 4.78 is 10.6. The van der Waals surface area contributed by atoms with E-state index in [1.54, 1.807) is 38.7 Å². The number of aromatic nitrogens is 2. The lowest BCUT2D eigenvalue weighted by atomic mass is 9.95. The van der Waals surface area contributed by atoms with Gasteiger partial charge >= 0.3 is 0 Å². The molecule has 0 aliphatic carbocycles. The predicted octanol–water partition coefficient (Wildman–Crippen LogP) is 3.50. The molecule has 3 aromatic rings. The number of ether oxygens (including phenoxy) is 2. The van der Waals surface area contributed by atoms with E-state index >= 15 is 0 Å². The van der Waals surface area contributed by atoms with Crippen LogP contribution in [-0.2, 0) is 4.79 Å². The zero-order chi connectivity index (χ0) is 20.2. The summed E-state index contributed by atoms with van der Waals surface area (Å²) in [7, 11) is 3.18. The Morgan fingerprint density at radius 2 is 1.86 bits per heavy atom. The van der Waals surface area contributed by atoms with E-state index < -0.39 is 0 Å². The van der Waals surface area contributed by atoms with Crippen LogP contribution in [0.25, 0.3) is 10.9 Å². The molecule has 0 saturated carbocycles. The number of hydrogen-bond donors (Lipinski definition) is 1. The first kappa shape index (κ1) is 19.0. The Kier molecular flexibility index (Phi) is 5.46. The van der Waals surface area contributed by atoms with Crippen molar-refractivity contribution in [2.75, 3.05) is 37.5 Å². The predicted molar refractivity (Wildman–Crippen MR) is 113 cm³/mol. The van der Waals surface area contributed by atoms with Crippen molar-refractivity contribution >= 4 is 28.3 Å². The van der Waals surface area contributed by atoms with Crippen LogP contribution in [0.4, 0.5) is 11.5 Å². The van der Waals surface area contributed by atoms with Gasteiger partial charge in [0, 0.05) is 30.5 Å². The Labute approximate surface area is 169 Å². The molecule has 2 aromatic carbocycles. The van der Waals surface area contributed by atoms with Gasteiger partial charge in [0.05, 0.1) is 25.4 Å². The zero-order valence-electron chi connectivity index (χ0n) is 16.6. The number of anilines is 2. The molecule has 0 spiro atoms. The second-order valence-corrected chi connectivity index (χ2v) is 7.03. The number of carbonyl (C=O) groups is 1. The van der Waals surface area contributed by atoms with Crippen molar-refractivity contribution in [3.05, 3.63) is 48.8 Å². The first-order valence-corrected chi connectivity index (χ1v) is 9.67. The number of fused-ring (bicyclic) bond motifs is 1. The Balaban J connectivity index is 1.42. The lowest BCUT2D eigenvalue weighted by molar-refractivity contribution is -0.120. The number of methoxy groups -OCH3 is 2. The van der Waals surface area contributed by atoms with Gasteiger partial charge in [-0.25, -0.2) is 9.97 Å². The van der Waals surface area contributed by atoms with Gasteiger partial charge in [0.2, 0.25) is 5.91 Å². The highest BCUT2D eigenvalue weighted by atomic mass is 16.5. The van der Waals surface area contributed by atoms with E-state index in [0.29, 0.717) is 17.2 Å². The smallest absolute Gasteiger partial charge is 0.227 e. The van der Waals surface area contributed by atoms with E-state index in [4.69, 9.17) is 9.47 Å². The molecule has 1 N–H and O–H groups in total. The van der Waals surface area contributed by atoms with Crippen molar-refractivity contribution in [3.8, 4) is 11.5 Å². The third-order valence-electron chi connectivity index (χ3n) is 5.35. The fourth-order valence-electron chi connectivity index (χ4n) is 3.73. The van der Waals surface area contributed by atoms with Crippen LogP contribution < -0.4 is 19.7 Å². The molecule has 0 bridgehead atoms. The van der Waals surface area contributed by atoms with E-state index in [-0.39, 0.29) is 11.8 Å². The zero-order valence-corrected chi connectivity index (χ0v) is 16.6. The fourth-order valence-corrected chi connectivity index (χ4v) is 3.73. The van der Waals surface area contributed by atoms with Gasteiger partial charge in [0.15, 0.2) is 0 Å². The molecule has 4 rings (SSSR count). The van der Waals surface area contributed by atoms with Gasteiger partial charge in [-0.3, -0.25) is 4.79 Å². The highest BCUT2D eigenvalue weighted by molar-refractivity contribution is 5.94. The molecule has 1 saturated heterocycles. The SMILES string of the molecule is COc1ccc(NC(=O)C2CCN(c3ncnc4ccccc34)CC2)c(OC)c1. The molecule has 7 nitrogen and oxygen atoms in total. The summed E-state index contributed by atoms with van der Waals surface area (Å²) in [6.07, 6.45) is 3.14. The van der Waals surface area contributed by atoms with E-state index in [2.05, 4.69) is 20.2 Å². The first-order chi connectivity index (χ1) is 14.2. The molecule has 0 atom stereocenters. The van der Waals surface area contributed by atoms with Crippen LogP contribution in [0.2, 0.25) is 0 Å². The number of benzene rings is 2. The molecule has 0 unspecified atom stereocenters. The second kappa shape index (κ2) is 8.34. The maximum Gasteiger partial charge on any atom is 0.227 e.